The van der Waals surface area contributed by atoms with E-state index in [4.69, 9.17) is 9.47 Å². The van der Waals surface area contributed by atoms with Gasteiger partial charge in [-0.05, 0) is 37.3 Å². The standard InChI is InChI=1S/C20H25N3O3S/c1-2-26-17-5-7-18(8-6-17)27-15-19(24)22-14-16-4-3-9-21-20(16)23-10-12-25-13-11-23/h3-9H,2,10-15H2,1H3,(H,22,24). The smallest absolute Gasteiger partial charge is 0.230 e. The molecule has 144 valence electrons. The molecule has 1 aliphatic heterocycles. The maximum Gasteiger partial charge on any atom is 0.230 e. The number of ether oxygens (including phenoxy) is 2. The number of nitrogens with one attached hydrogen (secondary N) is 1. The van der Waals surface area contributed by atoms with Gasteiger partial charge in [0.15, 0.2) is 0 Å². The maximum atomic E-state index is 12.2. The van der Waals surface area contributed by atoms with E-state index >= 15 is 0 Å². The van der Waals surface area contributed by atoms with Gasteiger partial charge >= 0.3 is 0 Å². The second-order valence-electron chi connectivity index (χ2n) is 6.06. The van der Waals surface area contributed by atoms with E-state index in [1.165, 1.54) is 11.8 Å². The lowest BCUT2D eigenvalue weighted by Gasteiger charge is -2.29. The Kier molecular flexibility index (Phi) is 7.36. The van der Waals surface area contributed by atoms with Gasteiger partial charge in [0, 0.05) is 36.3 Å². The summed E-state index contributed by atoms with van der Waals surface area (Å²) in [6.45, 7) is 6.15. The summed E-state index contributed by atoms with van der Waals surface area (Å²) in [4.78, 5) is 20.0. The second-order valence-corrected chi connectivity index (χ2v) is 7.10. The maximum absolute atomic E-state index is 12.2. The molecule has 1 N–H and O–H groups in total. The van der Waals surface area contributed by atoms with Crippen molar-refractivity contribution < 1.29 is 14.3 Å². The van der Waals surface area contributed by atoms with E-state index in [2.05, 4.69) is 15.2 Å². The highest BCUT2D eigenvalue weighted by molar-refractivity contribution is 8.00. The van der Waals surface area contributed by atoms with Crippen molar-refractivity contribution in [3.63, 3.8) is 0 Å². The van der Waals surface area contributed by atoms with Crippen molar-refractivity contribution in [1.29, 1.82) is 0 Å². The van der Waals surface area contributed by atoms with Crippen molar-refractivity contribution >= 4 is 23.5 Å². The third-order valence-corrected chi connectivity index (χ3v) is 5.17. The molecular formula is C20H25N3O3S. The van der Waals surface area contributed by atoms with E-state index in [0.29, 0.717) is 32.1 Å². The number of morpholine rings is 1. The predicted molar refractivity (Wildman–Crippen MR) is 107 cm³/mol. The molecule has 1 amide bonds. The Bertz CT molecular complexity index is 734. The van der Waals surface area contributed by atoms with Crippen molar-refractivity contribution in [2.45, 2.75) is 18.4 Å². The van der Waals surface area contributed by atoms with Crippen LogP contribution in [0.5, 0.6) is 5.75 Å². The summed E-state index contributed by atoms with van der Waals surface area (Å²) in [5, 5.41) is 3.00. The molecule has 3 rings (SSSR count). The first-order valence-electron chi connectivity index (χ1n) is 9.15. The Labute approximate surface area is 164 Å². The minimum Gasteiger partial charge on any atom is -0.494 e. The van der Waals surface area contributed by atoms with Gasteiger partial charge in [0.2, 0.25) is 5.91 Å². The number of hydrogen-bond acceptors (Lipinski definition) is 6. The topological polar surface area (TPSA) is 63.7 Å². The highest BCUT2D eigenvalue weighted by atomic mass is 32.2. The van der Waals surface area contributed by atoms with Crippen LogP contribution in [-0.4, -0.2) is 49.6 Å². The third-order valence-electron chi connectivity index (χ3n) is 4.16. The summed E-state index contributed by atoms with van der Waals surface area (Å²) in [5.74, 6) is 2.16. The van der Waals surface area contributed by atoms with Crippen LogP contribution in [-0.2, 0) is 16.1 Å². The average Bonchev–Trinajstić information content (AvgIpc) is 2.73. The molecule has 0 radical (unpaired) electrons. The lowest BCUT2D eigenvalue weighted by Crippen LogP contribution is -2.38. The van der Waals surface area contributed by atoms with Crippen LogP contribution < -0.4 is 15.0 Å². The van der Waals surface area contributed by atoms with Crippen LogP contribution in [0.3, 0.4) is 0 Å². The van der Waals surface area contributed by atoms with Crippen LogP contribution in [0.15, 0.2) is 47.5 Å². The fourth-order valence-electron chi connectivity index (χ4n) is 2.82. The van der Waals surface area contributed by atoms with Crippen LogP contribution in [0.25, 0.3) is 0 Å². The summed E-state index contributed by atoms with van der Waals surface area (Å²) in [6, 6.07) is 11.7. The molecule has 1 aromatic carbocycles. The quantitative estimate of drug-likeness (QED) is 0.703. The van der Waals surface area contributed by atoms with Crippen molar-refractivity contribution in [2.75, 3.05) is 43.6 Å². The van der Waals surface area contributed by atoms with Crippen molar-refractivity contribution in [3.8, 4) is 5.75 Å². The Balaban J connectivity index is 1.49. The minimum absolute atomic E-state index is 0.00525. The van der Waals surface area contributed by atoms with Gasteiger partial charge in [0.1, 0.15) is 11.6 Å². The number of amides is 1. The number of benzene rings is 1. The SMILES string of the molecule is CCOc1ccc(SCC(=O)NCc2cccnc2N2CCOCC2)cc1. The Morgan fingerprint density at radius 1 is 1.26 bits per heavy atom. The molecule has 27 heavy (non-hydrogen) atoms. The molecule has 0 atom stereocenters. The zero-order valence-corrected chi connectivity index (χ0v) is 16.3. The van der Waals surface area contributed by atoms with E-state index in [9.17, 15) is 4.79 Å². The first-order chi connectivity index (χ1) is 13.3. The van der Waals surface area contributed by atoms with Gasteiger partial charge in [-0.1, -0.05) is 6.07 Å². The number of aromatic nitrogens is 1. The zero-order chi connectivity index (χ0) is 18.9. The molecule has 2 heterocycles. The van der Waals surface area contributed by atoms with Gasteiger partial charge in [0.25, 0.3) is 0 Å². The van der Waals surface area contributed by atoms with Crippen LogP contribution in [0.2, 0.25) is 0 Å². The van der Waals surface area contributed by atoms with Crippen molar-refractivity contribution in [2.24, 2.45) is 0 Å². The monoisotopic (exact) mass is 387 g/mol. The largest absolute Gasteiger partial charge is 0.494 e. The Morgan fingerprint density at radius 3 is 2.78 bits per heavy atom. The number of carbonyl (C=O) groups excluding carboxylic acids is 1. The van der Waals surface area contributed by atoms with Crippen molar-refractivity contribution in [1.82, 2.24) is 10.3 Å². The summed E-state index contributed by atoms with van der Waals surface area (Å²) in [6.07, 6.45) is 1.79. The van der Waals surface area contributed by atoms with Crippen LogP contribution in [0.4, 0.5) is 5.82 Å². The van der Waals surface area contributed by atoms with Gasteiger partial charge in [0.05, 0.1) is 25.6 Å². The molecule has 1 saturated heterocycles. The fraction of sp³-hybridized carbons (Fsp3) is 0.400. The molecule has 0 saturated carbocycles. The van der Waals surface area contributed by atoms with Crippen LogP contribution in [0.1, 0.15) is 12.5 Å². The second kappa shape index (κ2) is 10.2. The summed E-state index contributed by atoms with van der Waals surface area (Å²) in [5.41, 5.74) is 1.03. The molecule has 0 bridgehead atoms. The average molecular weight is 388 g/mol. The van der Waals surface area contributed by atoms with Gasteiger partial charge in [-0.25, -0.2) is 4.98 Å². The molecule has 0 spiro atoms. The van der Waals surface area contributed by atoms with Gasteiger partial charge in [-0.3, -0.25) is 4.79 Å². The first kappa shape index (κ1) is 19.5. The molecule has 6 nitrogen and oxygen atoms in total. The van der Waals surface area contributed by atoms with Crippen LogP contribution >= 0.6 is 11.8 Å². The number of nitrogens with zero attached hydrogens (tertiary/aromatic N) is 2. The summed E-state index contributed by atoms with van der Waals surface area (Å²) >= 11 is 1.51. The van der Waals surface area contributed by atoms with Gasteiger partial charge in [-0.15, -0.1) is 11.8 Å². The Hall–Kier alpha value is -2.25. The lowest BCUT2D eigenvalue weighted by molar-refractivity contribution is -0.118. The first-order valence-corrected chi connectivity index (χ1v) is 10.1. The summed E-state index contributed by atoms with van der Waals surface area (Å²) < 4.78 is 10.8. The van der Waals surface area contributed by atoms with Crippen molar-refractivity contribution in [3.05, 3.63) is 48.2 Å². The van der Waals surface area contributed by atoms with Gasteiger partial charge < -0.3 is 19.7 Å². The third kappa shape index (κ3) is 5.87. The van der Waals surface area contributed by atoms with E-state index in [-0.39, 0.29) is 5.91 Å². The Morgan fingerprint density at radius 2 is 2.04 bits per heavy atom. The van der Waals surface area contributed by atoms with E-state index in [1.54, 1.807) is 6.20 Å². The highest BCUT2D eigenvalue weighted by Gasteiger charge is 2.16. The van der Waals surface area contributed by atoms with E-state index < -0.39 is 0 Å². The predicted octanol–water partition coefficient (Wildman–Crippen LogP) is 2.73. The lowest BCUT2D eigenvalue weighted by atomic mass is 10.2. The zero-order valence-electron chi connectivity index (χ0n) is 15.5. The molecule has 0 aliphatic carbocycles. The molecule has 1 aromatic heterocycles. The van der Waals surface area contributed by atoms with E-state index in [0.717, 1.165) is 35.1 Å². The molecule has 0 unspecified atom stereocenters. The highest BCUT2D eigenvalue weighted by Crippen LogP contribution is 2.22. The molecule has 1 aliphatic rings. The summed E-state index contributed by atoms with van der Waals surface area (Å²) in [7, 11) is 0. The van der Waals surface area contributed by atoms with Crippen LogP contribution in [0, 0.1) is 0 Å². The number of hydrogen-bond donors (Lipinski definition) is 1. The molecule has 7 heteroatoms. The minimum atomic E-state index is 0.00525. The molecule has 2 aromatic rings. The number of carbonyl (C=O) groups is 1. The number of rotatable bonds is 8. The normalized spacial score (nSPS) is 14.0. The van der Waals surface area contributed by atoms with Gasteiger partial charge in [-0.2, -0.15) is 0 Å². The fourth-order valence-corrected chi connectivity index (χ4v) is 3.55. The number of thioether (sulfide) groups is 1. The molecule has 1 fully saturated rings. The van der Waals surface area contributed by atoms with E-state index in [1.807, 2.05) is 43.3 Å². The number of pyridine rings is 1. The molecular weight excluding hydrogens is 362 g/mol. The number of anilines is 1.